The van der Waals surface area contributed by atoms with E-state index in [0.717, 1.165) is 6.92 Å². The number of piperazine rings is 1. The Morgan fingerprint density at radius 2 is 1.59 bits per heavy atom. The smallest absolute Gasteiger partial charge is 0.376 e. The summed E-state index contributed by atoms with van der Waals surface area (Å²) in [6.45, 7) is 3.52. The van der Waals surface area contributed by atoms with E-state index in [1.54, 1.807) is 30.3 Å². The van der Waals surface area contributed by atoms with E-state index in [1.165, 1.54) is 28.6 Å². The summed E-state index contributed by atoms with van der Waals surface area (Å²) < 4.78 is 66.0. The second-order valence-corrected chi connectivity index (χ2v) is 9.27. The Balaban J connectivity index is 1.75. The van der Waals surface area contributed by atoms with Gasteiger partial charge in [-0.3, -0.25) is 0 Å². The van der Waals surface area contributed by atoms with Crippen LogP contribution in [0.2, 0.25) is 0 Å². The lowest BCUT2D eigenvalue weighted by molar-refractivity contribution is -0.258. The minimum atomic E-state index is -4.78. The molecule has 0 saturated carbocycles. The second-order valence-electron chi connectivity index (χ2n) is 7.34. The van der Waals surface area contributed by atoms with Gasteiger partial charge in [0, 0.05) is 31.4 Å². The molecule has 5 nitrogen and oxygen atoms in total. The van der Waals surface area contributed by atoms with Gasteiger partial charge in [0.25, 0.3) is 0 Å². The van der Waals surface area contributed by atoms with Gasteiger partial charge >= 0.3 is 6.18 Å². The monoisotopic (exact) mass is 428 g/mol. The molecular formula is C20H23F3N2O3S. The first-order chi connectivity index (χ1) is 13.4. The van der Waals surface area contributed by atoms with Crippen LogP contribution in [0.5, 0.6) is 0 Å². The average Bonchev–Trinajstić information content (AvgIpc) is 2.68. The molecule has 0 bridgehead atoms. The summed E-state index contributed by atoms with van der Waals surface area (Å²) in [6, 6.07) is 13.6. The van der Waals surface area contributed by atoms with Gasteiger partial charge in [-0.1, -0.05) is 30.3 Å². The van der Waals surface area contributed by atoms with Crippen molar-refractivity contribution in [3.05, 3.63) is 60.2 Å². The first-order valence-corrected chi connectivity index (χ1v) is 10.6. The molecule has 29 heavy (non-hydrogen) atoms. The van der Waals surface area contributed by atoms with Crippen LogP contribution < -0.4 is 4.90 Å². The van der Waals surface area contributed by atoms with E-state index in [9.17, 15) is 26.7 Å². The number of hydrogen-bond acceptors (Lipinski definition) is 4. The molecule has 2 atom stereocenters. The van der Waals surface area contributed by atoms with Crippen molar-refractivity contribution in [2.24, 2.45) is 0 Å². The van der Waals surface area contributed by atoms with Crippen LogP contribution >= 0.6 is 0 Å². The van der Waals surface area contributed by atoms with Crippen LogP contribution in [0.25, 0.3) is 0 Å². The van der Waals surface area contributed by atoms with Gasteiger partial charge in [0.1, 0.15) is 0 Å². The quantitative estimate of drug-likeness (QED) is 0.811. The van der Waals surface area contributed by atoms with E-state index in [4.69, 9.17) is 0 Å². The SMILES string of the molecule is C[C@H]1CN(S(=O)(=O)c2ccccc2)CCN1c1ccc([C@](C)(O)C(F)(F)F)cc1. The molecule has 1 heterocycles. The number of hydrogen-bond donors (Lipinski definition) is 1. The van der Waals surface area contributed by atoms with Crippen LogP contribution in [0.3, 0.4) is 0 Å². The van der Waals surface area contributed by atoms with Gasteiger partial charge in [-0.15, -0.1) is 0 Å². The summed E-state index contributed by atoms with van der Waals surface area (Å²) in [5, 5.41) is 9.80. The van der Waals surface area contributed by atoms with E-state index in [-0.39, 0.29) is 29.6 Å². The minimum absolute atomic E-state index is 0.170. The zero-order valence-corrected chi connectivity index (χ0v) is 16.9. The van der Waals surface area contributed by atoms with Crippen LogP contribution in [0.15, 0.2) is 59.5 Å². The number of aliphatic hydroxyl groups is 1. The Bertz CT molecular complexity index is 945. The number of alkyl halides is 3. The maximum absolute atomic E-state index is 13.0. The highest BCUT2D eigenvalue weighted by Crippen LogP contribution is 2.39. The summed E-state index contributed by atoms with van der Waals surface area (Å²) >= 11 is 0. The summed E-state index contributed by atoms with van der Waals surface area (Å²) in [5.41, 5.74) is -2.50. The zero-order valence-electron chi connectivity index (χ0n) is 16.1. The summed E-state index contributed by atoms with van der Waals surface area (Å²) in [6.07, 6.45) is -4.78. The molecule has 0 radical (unpaired) electrons. The van der Waals surface area contributed by atoms with Crippen molar-refractivity contribution in [3.63, 3.8) is 0 Å². The highest BCUT2D eigenvalue weighted by Gasteiger charge is 2.51. The lowest BCUT2D eigenvalue weighted by Crippen LogP contribution is -2.53. The fourth-order valence-electron chi connectivity index (χ4n) is 3.41. The van der Waals surface area contributed by atoms with Crippen molar-refractivity contribution in [1.29, 1.82) is 0 Å². The molecule has 158 valence electrons. The van der Waals surface area contributed by atoms with Gasteiger partial charge < -0.3 is 10.0 Å². The molecule has 3 rings (SSSR count). The zero-order chi connectivity index (χ0) is 21.4. The van der Waals surface area contributed by atoms with Gasteiger partial charge in [-0.05, 0) is 43.7 Å². The molecule has 2 aromatic rings. The fraction of sp³-hybridized carbons (Fsp3) is 0.400. The number of nitrogens with zero attached hydrogens (tertiary/aromatic N) is 2. The van der Waals surface area contributed by atoms with Gasteiger partial charge in [0.2, 0.25) is 10.0 Å². The lowest BCUT2D eigenvalue weighted by atomic mass is 9.95. The molecule has 1 aliphatic rings. The molecule has 0 unspecified atom stereocenters. The Morgan fingerprint density at radius 1 is 1.00 bits per heavy atom. The van der Waals surface area contributed by atoms with Crippen molar-refractivity contribution >= 4 is 15.7 Å². The average molecular weight is 428 g/mol. The van der Waals surface area contributed by atoms with Crippen molar-refractivity contribution in [1.82, 2.24) is 4.31 Å². The van der Waals surface area contributed by atoms with E-state index < -0.39 is 21.8 Å². The number of rotatable bonds is 4. The van der Waals surface area contributed by atoms with Gasteiger partial charge in [-0.25, -0.2) is 8.42 Å². The van der Waals surface area contributed by atoms with E-state index in [1.807, 2.05) is 11.8 Å². The lowest BCUT2D eigenvalue weighted by Gasteiger charge is -2.40. The standard InChI is InChI=1S/C20H23F3N2O3S/c1-15-14-24(29(27,28)18-6-4-3-5-7-18)12-13-25(15)17-10-8-16(9-11-17)19(2,26)20(21,22)23/h3-11,15,26H,12-14H2,1-2H3/t15-,19-/m0/s1. The predicted octanol–water partition coefficient (Wildman–Crippen LogP) is 3.36. The van der Waals surface area contributed by atoms with Crippen LogP contribution in [-0.4, -0.2) is 49.7 Å². The highest BCUT2D eigenvalue weighted by atomic mass is 32.2. The van der Waals surface area contributed by atoms with E-state index >= 15 is 0 Å². The topological polar surface area (TPSA) is 60.9 Å². The van der Waals surface area contributed by atoms with Crippen LogP contribution in [-0.2, 0) is 15.6 Å². The molecule has 0 amide bonds. The first-order valence-electron chi connectivity index (χ1n) is 9.16. The summed E-state index contributed by atoms with van der Waals surface area (Å²) in [5.74, 6) is 0. The minimum Gasteiger partial charge on any atom is -0.376 e. The van der Waals surface area contributed by atoms with Crippen molar-refractivity contribution in [3.8, 4) is 0 Å². The molecule has 0 aliphatic carbocycles. The molecular weight excluding hydrogens is 405 g/mol. The first kappa shape index (κ1) is 21.6. The largest absolute Gasteiger partial charge is 0.421 e. The third kappa shape index (κ3) is 4.12. The molecule has 1 fully saturated rings. The predicted molar refractivity (Wildman–Crippen MR) is 104 cm³/mol. The van der Waals surface area contributed by atoms with Gasteiger partial charge in [-0.2, -0.15) is 17.5 Å². The van der Waals surface area contributed by atoms with Crippen LogP contribution in [0.4, 0.5) is 18.9 Å². The number of sulfonamides is 1. The van der Waals surface area contributed by atoms with Crippen LogP contribution in [0.1, 0.15) is 19.4 Å². The van der Waals surface area contributed by atoms with E-state index in [2.05, 4.69) is 0 Å². The van der Waals surface area contributed by atoms with Crippen molar-refractivity contribution in [2.45, 2.75) is 36.6 Å². The number of anilines is 1. The molecule has 1 aliphatic heterocycles. The highest BCUT2D eigenvalue weighted by molar-refractivity contribution is 7.89. The molecule has 1 saturated heterocycles. The molecule has 0 aromatic heterocycles. The third-order valence-corrected chi connectivity index (χ3v) is 7.16. The normalized spacial score (nSPS) is 21.0. The summed E-state index contributed by atoms with van der Waals surface area (Å²) in [7, 11) is -3.59. The van der Waals surface area contributed by atoms with Gasteiger partial charge in [0.15, 0.2) is 5.60 Å². The third-order valence-electron chi connectivity index (χ3n) is 5.28. The molecule has 2 aromatic carbocycles. The van der Waals surface area contributed by atoms with Crippen molar-refractivity contribution < 1.29 is 26.7 Å². The Labute approximate surface area is 168 Å². The summed E-state index contributed by atoms with van der Waals surface area (Å²) in [4.78, 5) is 2.18. The maximum atomic E-state index is 13.0. The Hall–Kier alpha value is -2.10. The number of halogens is 3. The second kappa shape index (κ2) is 7.62. The van der Waals surface area contributed by atoms with Gasteiger partial charge in [0.05, 0.1) is 4.90 Å². The van der Waals surface area contributed by atoms with E-state index in [0.29, 0.717) is 12.2 Å². The molecule has 1 N–H and O–H groups in total. The maximum Gasteiger partial charge on any atom is 0.421 e. The molecule has 9 heteroatoms. The Kier molecular flexibility index (Phi) is 5.68. The molecule has 0 spiro atoms. The van der Waals surface area contributed by atoms with Crippen molar-refractivity contribution in [2.75, 3.05) is 24.5 Å². The number of benzene rings is 2. The van der Waals surface area contributed by atoms with Crippen LogP contribution in [0, 0.1) is 0 Å². The fourth-order valence-corrected chi connectivity index (χ4v) is 4.94. The Morgan fingerprint density at radius 3 is 2.10 bits per heavy atom.